The zero-order chi connectivity index (χ0) is 12.3. The Morgan fingerprint density at radius 2 is 2.00 bits per heavy atom. The van der Waals surface area contributed by atoms with Crippen LogP contribution in [0.25, 0.3) is 0 Å². The molecule has 0 bridgehead atoms. The molecule has 0 radical (unpaired) electrons. The van der Waals surface area contributed by atoms with Gasteiger partial charge in [0, 0.05) is 12.6 Å². The molecule has 0 aromatic rings. The molecule has 4 heteroatoms. The van der Waals surface area contributed by atoms with Crippen molar-refractivity contribution in [2.45, 2.75) is 65.0 Å². The molecule has 0 aromatic heterocycles. The first-order valence-corrected chi connectivity index (χ1v) is 12.6. The van der Waals surface area contributed by atoms with Crippen LogP contribution in [-0.2, 0) is 4.43 Å². The molecule has 2 aliphatic rings. The molecule has 1 N–H and O–H groups in total. The second kappa shape index (κ2) is 6.00. The predicted molar refractivity (Wildman–Crippen MR) is 79.4 cm³/mol. The maximum atomic E-state index is 5.92. The molecule has 0 amide bonds. The lowest BCUT2D eigenvalue weighted by molar-refractivity contribution is 0.197. The van der Waals surface area contributed by atoms with E-state index >= 15 is 0 Å². The Balaban J connectivity index is 1.79. The van der Waals surface area contributed by atoms with Crippen LogP contribution in [0.15, 0.2) is 0 Å². The average Bonchev–Trinajstić information content (AvgIpc) is 2.29. The molecular formula is C13H29NOSi2. The third kappa shape index (κ3) is 4.19. The van der Waals surface area contributed by atoms with Crippen molar-refractivity contribution in [3.63, 3.8) is 0 Å². The van der Waals surface area contributed by atoms with Gasteiger partial charge in [0.05, 0.1) is 0 Å². The fourth-order valence-electron chi connectivity index (χ4n) is 3.51. The van der Waals surface area contributed by atoms with Crippen LogP contribution in [0.3, 0.4) is 0 Å². The van der Waals surface area contributed by atoms with E-state index in [2.05, 4.69) is 25.8 Å². The third-order valence-corrected chi connectivity index (χ3v) is 11.4. The van der Waals surface area contributed by atoms with Crippen LogP contribution in [0.1, 0.15) is 52.9 Å². The van der Waals surface area contributed by atoms with E-state index in [4.69, 9.17) is 4.43 Å². The lowest BCUT2D eigenvalue weighted by Gasteiger charge is -2.38. The number of nitrogens with one attached hydrogen (secondary N) is 1. The van der Waals surface area contributed by atoms with E-state index in [9.17, 15) is 0 Å². The summed E-state index contributed by atoms with van der Waals surface area (Å²) in [4.78, 5) is 4.02. The van der Waals surface area contributed by atoms with E-state index in [0.29, 0.717) is 5.41 Å². The lowest BCUT2D eigenvalue weighted by atomic mass is 9.85. The summed E-state index contributed by atoms with van der Waals surface area (Å²) in [6, 6.07) is 2.22. The highest BCUT2D eigenvalue weighted by molar-refractivity contribution is 7.08. The van der Waals surface area contributed by atoms with Crippen molar-refractivity contribution in [3.8, 4) is 0 Å². The van der Waals surface area contributed by atoms with E-state index in [0.717, 1.165) is 18.6 Å². The minimum Gasteiger partial charge on any atom is -0.425 e. The van der Waals surface area contributed by atoms with Gasteiger partial charge < -0.3 is 9.41 Å². The van der Waals surface area contributed by atoms with Crippen molar-refractivity contribution in [3.05, 3.63) is 0 Å². The second-order valence-electron chi connectivity index (χ2n) is 6.93. The molecule has 17 heavy (non-hydrogen) atoms. The Morgan fingerprint density at radius 3 is 2.65 bits per heavy atom. The van der Waals surface area contributed by atoms with E-state index in [1.54, 1.807) is 0 Å². The standard InChI is InChI=1S/C13H29NOSi2/c1-11(12-7-5-4-6-8-12)14-17-10-13(2,3)9-15-16-17/h11-12,14,17H,4-10,16H2,1-3H3. The first kappa shape index (κ1) is 13.8. The lowest BCUT2D eigenvalue weighted by Crippen LogP contribution is -2.54. The molecule has 2 nitrogen and oxygen atoms in total. The minimum absolute atomic E-state index is 0.197. The molecule has 1 aliphatic carbocycles. The number of hydrogen-bond donors (Lipinski definition) is 1. The molecular weight excluding hydrogens is 242 g/mol. The van der Waals surface area contributed by atoms with Crippen LogP contribution < -0.4 is 4.98 Å². The summed E-state index contributed by atoms with van der Waals surface area (Å²) in [7, 11) is -0.910. The number of hydrogen-bond acceptors (Lipinski definition) is 2. The minimum atomic E-state index is -0.713. The van der Waals surface area contributed by atoms with Gasteiger partial charge in [-0.25, -0.2) is 0 Å². The first-order valence-electron chi connectivity index (χ1n) is 7.41. The van der Waals surface area contributed by atoms with E-state index in [-0.39, 0.29) is 9.28 Å². The van der Waals surface area contributed by atoms with Gasteiger partial charge in [0.2, 0.25) is 0 Å². The summed E-state index contributed by atoms with van der Waals surface area (Å²) in [6.45, 7) is 8.18. The fraction of sp³-hybridized carbons (Fsp3) is 1.00. The third-order valence-electron chi connectivity index (χ3n) is 4.47. The molecule has 1 aliphatic heterocycles. The van der Waals surface area contributed by atoms with Crippen LogP contribution in [0.2, 0.25) is 6.04 Å². The Hall–Kier alpha value is 0.354. The quantitative estimate of drug-likeness (QED) is 0.792. The molecule has 100 valence electrons. The highest BCUT2D eigenvalue weighted by Crippen LogP contribution is 2.29. The smallest absolute Gasteiger partial charge is 0.164 e. The summed E-state index contributed by atoms with van der Waals surface area (Å²) in [6.07, 6.45) is 7.31. The van der Waals surface area contributed by atoms with Crippen LogP contribution in [0.5, 0.6) is 0 Å². The normalized spacial score (nSPS) is 33.7. The Morgan fingerprint density at radius 1 is 1.29 bits per heavy atom. The zero-order valence-electron chi connectivity index (χ0n) is 11.8. The fourth-order valence-corrected chi connectivity index (χ4v) is 12.6. The van der Waals surface area contributed by atoms with Gasteiger partial charge in [0.15, 0.2) is 9.28 Å². The second-order valence-corrected chi connectivity index (χ2v) is 13.8. The van der Waals surface area contributed by atoms with Gasteiger partial charge in [-0.15, -0.1) is 0 Å². The summed E-state index contributed by atoms with van der Waals surface area (Å²) in [5.74, 6) is 0.954. The molecule has 2 rings (SSSR count). The van der Waals surface area contributed by atoms with Gasteiger partial charge in [-0.05, 0) is 30.2 Å². The topological polar surface area (TPSA) is 21.3 Å². The van der Waals surface area contributed by atoms with Gasteiger partial charge >= 0.3 is 0 Å². The Bertz CT molecular complexity index is 242. The van der Waals surface area contributed by atoms with E-state index in [1.165, 1.54) is 38.1 Å². The summed E-state index contributed by atoms with van der Waals surface area (Å²) < 4.78 is 5.92. The van der Waals surface area contributed by atoms with Crippen molar-refractivity contribution in [2.24, 2.45) is 11.3 Å². The van der Waals surface area contributed by atoms with Gasteiger partial charge in [0.25, 0.3) is 0 Å². The molecule has 2 unspecified atom stereocenters. The highest BCUT2D eigenvalue weighted by Gasteiger charge is 2.32. The summed E-state index contributed by atoms with van der Waals surface area (Å²) >= 11 is 0. The first-order chi connectivity index (χ1) is 8.07. The molecule has 1 heterocycles. The molecule has 0 aromatic carbocycles. The van der Waals surface area contributed by atoms with Gasteiger partial charge in [0.1, 0.15) is 8.48 Å². The van der Waals surface area contributed by atoms with Crippen molar-refractivity contribution in [2.75, 3.05) is 6.61 Å². The molecule has 2 atom stereocenters. The maximum Gasteiger partial charge on any atom is 0.164 e. The van der Waals surface area contributed by atoms with Crippen molar-refractivity contribution in [1.82, 2.24) is 4.98 Å². The van der Waals surface area contributed by atoms with Crippen LogP contribution in [0, 0.1) is 11.3 Å². The zero-order valence-corrected chi connectivity index (χ0v) is 14.4. The van der Waals surface area contributed by atoms with Crippen LogP contribution in [-0.4, -0.2) is 30.4 Å². The SMILES string of the molecule is CC(N[SiH]1CC(C)(C)CO[SiH2]1)C1CCCCC1. The van der Waals surface area contributed by atoms with Crippen LogP contribution >= 0.6 is 0 Å². The summed E-state index contributed by atoms with van der Waals surface area (Å²) in [5, 5.41) is 0. The van der Waals surface area contributed by atoms with Crippen LogP contribution in [0.4, 0.5) is 0 Å². The predicted octanol–water partition coefficient (Wildman–Crippen LogP) is 1.91. The largest absolute Gasteiger partial charge is 0.425 e. The van der Waals surface area contributed by atoms with Gasteiger partial charge in [-0.1, -0.05) is 40.0 Å². The van der Waals surface area contributed by atoms with E-state index < -0.39 is 8.48 Å². The highest BCUT2D eigenvalue weighted by atomic mass is 29.2. The molecule has 2 fully saturated rings. The van der Waals surface area contributed by atoms with Gasteiger partial charge in [-0.3, -0.25) is 0 Å². The molecule has 1 saturated heterocycles. The maximum absolute atomic E-state index is 5.92. The van der Waals surface area contributed by atoms with Crippen molar-refractivity contribution < 1.29 is 4.43 Å². The molecule has 1 saturated carbocycles. The van der Waals surface area contributed by atoms with E-state index in [1.807, 2.05) is 0 Å². The Kier molecular flexibility index (Phi) is 4.86. The summed E-state index contributed by atoms with van der Waals surface area (Å²) in [5.41, 5.74) is 0.446. The van der Waals surface area contributed by atoms with Gasteiger partial charge in [-0.2, -0.15) is 0 Å². The van der Waals surface area contributed by atoms with Crippen molar-refractivity contribution in [1.29, 1.82) is 0 Å². The number of rotatable bonds is 3. The average molecular weight is 272 g/mol. The monoisotopic (exact) mass is 271 g/mol. The molecule has 0 spiro atoms. The Labute approximate surface area is 110 Å². The van der Waals surface area contributed by atoms with Crippen molar-refractivity contribution >= 4 is 17.8 Å².